The first-order valence-corrected chi connectivity index (χ1v) is 6.68. The average Bonchev–Trinajstić information content (AvgIpc) is 2.38. The van der Waals surface area contributed by atoms with Gasteiger partial charge < -0.3 is 10.6 Å². The van der Waals surface area contributed by atoms with Crippen molar-refractivity contribution in [2.24, 2.45) is 0 Å². The van der Waals surface area contributed by atoms with Crippen LogP contribution in [0, 0.1) is 6.92 Å². The number of amides is 1. The van der Waals surface area contributed by atoms with Crippen LogP contribution < -0.4 is 10.6 Å². The SMILES string of the molecule is CCC(C)NCC(=O)NCCc1ccccc1C. The number of rotatable bonds is 7. The van der Waals surface area contributed by atoms with E-state index in [-0.39, 0.29) is 5.91 Å². The normalized spacial score (nSPS) is 12.2. The molecule has 2 N–H and O–H groups in total. The van der Waals surface area contributed by atoms with Gasteiger partial charge in [0.1, 0.15) is 0 Å². The van der Waals surface area contributed by atoms with Gasteiger partial charge in [-0.2, -0.15) is 0 Å². The molecule has 3 heteroatoms. The van der Waals surface area contributed by atoms with Crippen molar-refractivity contribution in [2.75, 3.05) is 13.1 Å². The Hall–Kier alpha value is -1.35. The molecule has 0 saturated heterocycles. The van der Waals surface area contributed by atoms with Gasteiger partial charge in [0.15, 0.2) is 0 Å². The number of carbonyl (C=O) groups excluding carboxylic acids is 1. The van der Waals surface area contributed by atoms with Crippen molar-refractivity contribution in [1.82, 2.24) is 10.6 Å². The molecule has 1 atom stereocenters. The molecule has 1 aromatic rings. The van der Waals surface area contributed by atoms with Crippen molar-refractivity contribution in [2.45, 2.75) is 39.7 Å². The third-order valence-corrected chi connectivity index (χ3v) is 3.20. The minimum absolute atomic E-state index is 0.0730. The van der Waals surface area contributed by atoms with E-state index in [1.165, 1.54) is 11.1 Å². The topological polar surface area (TPSA) is 41.1 Å². The summed E-state index contributed by atoms with van der Waals surface area (Å²) in [4.78, 5) is 11.6. The Kier molecular flexibility index (Phi) is 6.44. The lowest BCUT2D eigenvalue weighted by atomic mass is 10.1. The zero-order chi connectivity index (χ0) is 13.4. The van der Waals surface area contributed by atoms with Gasteiger partial charge in [0, 0.05) is 12.6 Å². The molecule has 3 nitrogen and oxygen atoms in total. The summed E-state index contributed by atoms with van der Waals surface area (Å²) in [6, 6.07) is 8.68. The Balaban J connectivity index is 2.22. The van der Waals surface area contributed by atoms with Crippen LogP contribution in [0.15, 0.2) is 24.3 Å². The molecular formula is C15H24N2O. The van der Waals surface area contributed by atoms with Crippen LogP contribution in [-0.4, -0.2) is 25.0 Å². The van der Waals surface area contributed by atoms with E-state index in [4.69, 9.17) is 0 Å². The highest BCUT2D eigenvalue weighted by atomic mass is 16.1. The minimum atomic E-state index is 0.0730. The summed E-state index contributed by atoms with van der Waals surface area (Å²) in [7, 11) is 0. The number of carbonyl (C=O) groups is 1. The first kappa shape index (κ1) is 14.7. The molecule has 0 aliphatic carbocycles. The fraction of sp³-hybridized carbons (Fsp3) is 0.533. The van der Waals surface area contributed by atoms with Crippen molar-refractivity contribution < 1.29 is 4.79 Å². The third kappa shape index (κ3) is 5.32. The highest BCUT2D eigenvalue weighted by Crippen LogP contribution is 2.06. The smallest absolute Gasteiger partial charge is 0.233 e. The molecule has 0 bridgehead atoms. The van der Waals surface area contributed by atoms with Gasteiger partial charge in [-0.05, 0) is 37.8 Å². The molecule has 18 heavy (non-hydrogen) atoms. The second kappa shape index (κ2) is 7.88. The summed E-state index contributed by atoms with van der Waals surface area (Å²) in [5.41, 5.74) is 2.58. The maximum Gasteiger partial charge on any atom is 0.233 e. The number of nitrogens with one attached hydrogen (secondary N) is 2. The molecule has 0 aliphatic rings. The number of benzene rings is 1. The second-order valence-corrected chi connectivity index (χ2v) is 4.72. The van der Waals surface area contributed by atoms with Crippen LogP contribution in [0.5, 0.6) is 0 Å². The van der Waals surface area contributed by atoms with E-state index >= 15 is 0 Å². The van der Waals surface area contributed by atoms with Gasteiger partial charge in [0.05, 0.1) is 6.54 Å². The molecule has 1 rings (SSSR count). The molecule has 0 radical (unpaired) electrons. The number of hydrogen-bond acceptors (Lipinski definition) is 2. The van der Waals surface area contributed by atoms with Crippen LogP contribution >= 0.6 is 0 Å². The molecule has 1 aromatic carbocycles. The lowest BCUT2D eigenvalue weighted by molar-refractivity contribution is -0.120. The monoisotopic (exact) mass is 248 g/mol. The van der Waals surface area contributed by atoms with E-state index in [1.54, 1.807) is 0 Å². The second-order valence-electron chi connectivity index (χ2n) is 4.72. The standard InChI is InChI=1S/C15H24N2O/c1-4-13(3)17-11-15(18)16-10-9-14-8-6-5-7-12(14)2/h5-8,13,17H,4,9-11H2,1-3H3,(H,16,18). The summed E-state index contributed by atoms with van der Waals surface area (Å²) in [5, 5.41) is 6.12. The van der Waals surface area contributed by atoms with E-state index in [1.807, 2.05) is 12.1 Å². The molecule has 0 saturated carbocycles. The first-order chi connectivity index (χ1) is 8.63. The van der Waals surface area contributed by atoms with Gasteiger partial charge in [-0.1, -0.05) is 31.2 Å². The van der Waals surface area contributed by atoms with Crippen molar-refractivity contribution in [3.8, 4) is 0 Å². The summed E-state index contributed by atoms with van der Waals surface area (Å²) in [6.45, 7) is 7.39. The summed E-state index contributed by atoms with van der Waals surface area (Å²) >= 11 is 0. The zero-order valence-electron chi connectivity index (χ0n) is 11.6. The Morgan fingerprint density at radius 1 is 1.33 bits per heavy atom. The lowest BCUT2D eigenvalue weighted by Gasteiger charge is -2.11. The van der Waals surface area contributed by atoms with Crippen LogP contribution in [-0.2, 0) is 11.2 Å². The predicted molar refractivity (Wildman–Crippen MR) is 75.6 cm³/mol. The number of hydrogen-bond donors (Lipinski definition) is 2. The molecule has 100 valence electrons. The molecule has 0 heterocycles. The Labute approximate surface area is 110 Å². The molecule has 0 aromatic heterocycles. The Morgan fingerprint density at radius 3 is 2.72 bits per heavy atom. The number of aryl methyl sites for hydroxylation is 1. The average molecular weight is 248 g/mol. The Bertz CT molecular complexity index is 377. The van der Waals surface area contributed by atoms with Crippen molar-refractivity contribution >= 4 is 5.91 Å². The minimum Gasteiger partial charge on any atom is -0.355 e. The maximum atomic E-state index is 11.6. The van der Waals surface area contributed by atoms with Crippen LogP contribution in [0.25, 0.3) is 0 Å². The predicted octanol–water partition coefficient (Wildman–Crippen LogP) is 2.04. The highest BCUT2D eigenvalue weighted by Gasteiger charge is 2.03. The summed E-state index contributed by atoms with van der Waals surface area (Å²) < 4.78 is 0. The van der Waals surface area contributed by atoms with Gasteiger partial charge >= 0.3 is 0 Å². The van der Waals surface area contributed by atoms with Gasteiger partial charge in [-0.3, -0.25) is 4.79 Å². The fourth-order valence-electron chi connectivity index (χ4n) is 1.70. The molecule has 1 unspecified atom stereocenters. The fourth-order valence-corrected chi connectivity index (χ4v) is 1.70. The van der Waals surface area contributed by atoms with Crippen molar-refractivity contribution in [3.05, 3.63) is 35.4 Å². The van der Waals surface area contributed by atoms with Crippen LogP contribution in [0.2, 0.25) is 0 Å². The molecule has 0 fully saturated rings. The molecule has 0 aliphatic heterocycles. The zero-order valence-corrected chi connectivity index (χ0v) is 11.6. The molecule has 0 spiro atoms. The first-order valence-electron chi connectivity index (χ1n) is 6.68. The summed E-state index contributed by atoms with van der Waals surface area (Å²) in [5.74, 6) is 0.0730. The van der Waals surface area contributed by atoms with Gasteiger partial charge in [0.2, 0.25) is 5.91 Å². The van der Waals surface area contributed by atoms with E-state index in [0.717, 1.165) is 12.8 Å². The van der Waals surface area contributed by atoms with Crippen molar-refractivity contribution in [3.63, 3.8) is 0 Å². The van der Waals surface area contributed by atoms with E-state index in [0.29, 0.717) is 19.1 Å². The van der Waals surface area contributed by atoms with E-state index < -0.39 is 0 Å². The van der Waals surface area contributed by atoms with Crippen LogP contribution in [0.1, 0.15) is 31.4 Å². The maximum absolute atomic E-state index is 11.6. The quantitative estimate of drug-likeness (QED) is 0.775. The summed E-state index contributed by atoms with van der Waals surface area (Å²) in [6.07, 6.45) is 1.93. The van der Waals surface area contributed by atoms with E-state index in [9.17, 15) is 4.79 Å². The van der Waals surface area contributed by atoms with Crippen molar-refractivity contribution in [1.29, 1.82) is 0 Å². The highest BCUT2D eigenvalue weighted by molar-refractivity contribution is 5.78. The third-order valence-electron chi connectivity index (χ3n) is 3.20. The van der Waals surface area contributed by atoms with Gasteiger partial charge in [-0.25, -0.2) is 0 Å². The van der Waals surface area contributed by atoms with Crippen LogP contribution in [0.3, 0.4) is 0 Å². The van der Waals surface area contributed by atoms with Gasteiger partial charge in [0.25, 0.3) is 0 Å². The van der Waals surface area contributed by atoms with E-state index in [2.05, 4.69) is 43.5 Å². The van der Waals surface area contributed by atoms with Crippen LogP contribution in [0.4, 0.5) is 0 Å². The molecule has 1 amide bonds. The Morgan fingerprint density at radius 2 is 2.06 bits per heavy atom. The largest absolute Gasteiger partial charge is 0.355 e. The molecular weight excluding hydrogens is 224 g/mol. The van der Waals surface area contributed by atoms with Gasteiger partial charge in [-0.15, -0.1) is 0 Å². The lowest BCUT2D eigenvalue weighted by Crippen LogP contribution is -2.38.